The van der Waals surface area contributed by atoms with Crippen LogP contribution in [0.3, 0.4) is 0 Å². The van der Waals surface area contributed by atoms with E-state index in [0.717, 1.165) is 41.0 Å². The zero-order chi connectivity index (χ0) is 23.6. The molecule has 1 N–H and O–H groups in total. The third-order valence-corrected chi connectivity index (χ3v) is 7.57. The molecule has 1 aliphatic heterocycles. The summed E-state index contributed by atoms with van der Waals surface area (Å²) < 4.78 is 32.1. The van der Waals surface area contributed by atoms with Crippen LogP contribution in [0.15, 0.2) is 64.6 Å². The summed E-state index contributed by atoms with van der Waals surface area (Å²) >= 11 is 0. The number of nitrogens with one attached hydrogen (secondary N) is 1. The molecule has 10 heteroatoms. The molecular formula is C23H24N4O5S. The van der Waals surface area contributed by atoms with Gasteiger partial charge in [0.1, 0.15) is 11.4 Å². The number of methoxy groups -OCH3 is 1. The summed E-state index contributed by atoms with van der Waals surface area (Å²) in [6.45, 7) is 2.64. The van der Waals surface area contributed by atoms with Crippen LogP contribution in [0, 0.1) is 10.1 Å². The minimum absolute atomic E-state index is 0.0905. The van der Waals surface area contributed by atoms with Crippen molar-refractivity contribution in [2.75, 3.05) is 25.6 Å². The number of rotatable bonds is 7. The number of anilines is 1. The lowest BCUT2D eigenvalue weighted by molar-refractivity contribution is -0.384. The second kappa shape index (κ2) is 9.16. The molecule has 1 aliphatic rings. The van der Waals surface area contributed by atoms with Gasteiger partial charge in [-0.15, -0.1) is 0 Å². The number of benzene rings is 3. The molecule has 9 nitrogen and oxygen atoms in total. The highest BCUT2D eigenvalue weighted by Crippen LogP contribution is 2.30. The van der Waals surface area contributed by atoms with Gasteiger partial charge in [0.15, 0.2) is 0 Å². The molecule has 33 heavy (non-hydrogen) atoms. The number of nitro groups is 1. The molecule has 0 aromatic heterocycles. The number of hydrazone groups is 1. The molecule has 0 spiro atoms. The van der Waals surface area contributed by atoms with Crippen molar-refractivity contribution in [3.8, 4) is 5.75 Å². The monoisotopic (exact) mass is 468 g/mol. The fourth-order valence-corrected chi connectivity index (χ4v) is 5.32. The Kier molecular flexibility index (Phi) is 6.30. The van der Waals surface area contributed by atoms with Gasteiger partial charge in [-0.1, -0.05) is 18.2 Å². The molecule has 0 atom stereocenters. The fraction of sp³-hybridized carbons (Fsp3) is 0.261. The topological polar surface area (TPSA) is 114 Å². The van der Waals surface area contributed by atoms with E-state index in [1.165, 1.54) is 16.4 Å². The van der Waals surface area contributed by atoms with Crippen LogP contribution in [0.1, 0.15) is 25.3 Å². The van der Waals surface area contributed by atoms with Gasteiger partial charge in [-0.05, 0) is 66.4 Å². The average molecular weight is 469 g/mol. The molecule has 172 valence electrons. The van der Waals surface area contributed by atoms with E-state index in [2.05, 4.69) is 10.5 Å². The van der Waals surface area contributed by atoms with Crippen LogP contribution in [0.5, 0.6) is 5.75 Å². The van der Waals surface area contributed by atoms with Crippen LogP contribution >= 0.6 is 0 Å². The third kappa shape index (κ3) is 4.67. The summed E-state index contributed by atoms with van der Waals surface area (Å²) in [4.78, 5) is 10.9. The Bertz CT molecular complexity index is 1350. The maximum absolute atomic E-state index is 12.8. The molecule has 0 bridgehead atoms. The molecule has 0 aliphatic carbocycles. The van der Waals surface area contributed by atoms with Crippen molar-refractivity contribution in [1.82, 2.24) is 4.31 Å². The van der Waals surface area contributed by atoms with Crippen LogP contribution in [0.2, 0.25) is 0 Å². The number of fused-ring (bicyclic) bond motifs is 1. The molecule has 0 unspecified atom stereocenters. The number of nitrogens with zero attached hydrogens (tertiary/aromatic N) is 3. The Balaban J connectivity index is 1.60. The van der Waals surface area contributed by atoms with Gasteiger partial charge in [0.2, 0.25) is 10.0 Å². The first-order valence-electron chi connectivity index (χ1n) is 10.5. The van der Waals surface area contributed by atoms with E-state index in [4.69, 9.17) is 4.74 Å². The lowest BCUT2D eigenvalue weighted by Gasteiger charge is -2.15. The van der Waals surface area contributed by atoms with E-state index < -0.39 is 14.9 Å². The summed E-state index contributed by atoms with van der Waals surface area (Å²) in [6.07, 6.45) is 1.58. The first-order valence-corrected chi connectivity index (χ1v) is 11.9. The van der Waals surface area contributed by atoms with E-state index in [9.17, 15) is 18.5 Å². The van der Waals surface area contributed by atoms with Gasteiger partial charge in [0.25, 0.3) is 5.69 Å². The lowest BCUT2D eigenvalue weighted by atomic mass is 10.0. The zero-order valence-corrected chi connectivity index (χ0v) is 19.1. The Morgan fingerprint density at radius 2 is 1.76 bits per heavy atom. The molecular weight excluding hydrogens is 444 g/mol. The van der Waals surface area contributed by atoms with Crippen molar-refractivity contribution in [2.24, 2.45) is 5.10 Å². The molecule has 1 saturated heterocycles. The maximum atomic E-state index is 12.8. The molecule has 0 amide bonds. The molecule has 0 radical (unpaired) electrons. The average Bonchev–Trinajstić information content (AvgIpc) is 3.37. The summed E-state index contributed by atoms with van der Waals surface area (Å²) in [7, 11) is -2.14. The van der Waals surface area contributed by atoms with E-state index in [1.807, 2.05) is 36.4 Å². The number of hydrogen-bond donors (Lipinski definition) is 1. The van der Waals surface area contributed by atoms with Crippen LogP contribution in [0.25, 0.3) is 10.8 Å². The molecule has 3 aromatic carbocycles. The van der Waals surface area contributed by atoms with Crippen molar-refractivity contribution in [1.29, 1.82) is 0 Å². The van der Waals surface area contributed by atoms with Crippen molar-refractivity contribution in [2.45, 2.75) is 24.7 Å². The largest absolute Gasteiger partial charge is 0.497 e. The lowest BCUT2D eigenvalue weighted by Crippen LogP contribution is -2.27. The van der Waals surface area contributed by atoms with E-state index in [1.54, 1.807) is 14.0 Å². The van der Waals surface area contributed by atoms with Crippen LogP contribution in [-0.2, 0) is 10.0 Å². The number of sulfonamides is 1. The summed E-state index contributed by atoms with van der Waals surface area (Å²) in [5, 5.41) is 18.0. The second-order valence-corrected chi connectivity index (χ2v) is 9.72. The Hall–Kier alpha value is -3.50. The number of nitro benzene ring substituents is 1. The Morgan fingerprint density at radius 3 is 2.45 bits per heavy atom. The van der Waals surface area contributed by atoms with Crippen molar-refractivity contribution in [3.05, 3.63) is 70.3 Å². The minimum Gasteiger partial charge on any atom is -0.497 e. The van der Waals surface area contributed by atoms with Gasteiger partial charge in [-0.2, -0.15) is 9.41 Å². The van der Waals surface area contributed by atoms with Crippen LogP contribution in [-0.4, -0.2) is 43.6 Å². The standard InChI is InChI=1S/C23H24N4O5S/c1-16(17-5-6-19-14-20(32-2)8-7-18(19)13-17)24-25-22-10-9-21(15-23(22)27(28)29)33(30,31)26-11-3-4-12-26/h5-10,13-15,25H,3-4,11-12H2,1-2H3. The second-order valence-electron chi connectivity index (χ2n) is 7.78. The smallest absolute Gasteiger partial charge is 0.295 e. The number of hydrogen-bond acceptors (Lipinski definition) is 7. The van der Waals surface area contributed by atoms with Crippen LogP contribution < -0.4 is 10.2 Å². The molecule has 1 fully saturated rings. The highest BCUT2D eigenvalue weighted by atomic mass is 32.2. The Labute approximate surface area is 191 Å². The third-order valence-electron chi connectivity index (χ3n) is 5.68. The highest BCUT2D eigenvalue weighted by molar-refractivity contribution is 7.89. The van der Waals surface area contributed by atoms with Gasteiger partial charge in [-0.25, -0.2) is 8.42 Å². The first kappa shape index (κ1) is 22.7. The summed E-state index contributed by atoms with van der Waals surface area (Å²) in [6, 6.07) is 15.4. The fourth-order valence-electron chi connectivity index (χ4n) is 3.78. The van der Waals surface area contributed by atoms with Gasteiger partial charge < -0.3 is 4.74 Å². The predicted octanol–water partition coefficient (Wildman–Crippen LogP) is 4.38. The quantitative estimate of drug-likeness (QED) is 0.313. The first-order chi connectivity index (χ1) is 15.8. The Morgan fingerprint density at radius 1 is 1.06 bits per heavy atom. The van der Waals surface area contributed by atoms with Gasteiger partial charge in [-0.3, -0.25) is 15.5 Å². The van der Waals surface area contributed by atoms with Gasteiger partial charge in [0, 0.05) is 19.2 Å². The normalized spacial score (nSPS) is 15.0. The van der Waals surface area contributed by atoms with E-state index >= 15 is 0 Å². The maximum Gasteiger partial charge on any atom is 0.295 e. The van der Waals surface area contributed by atoms with Crippen molar-refractivity contribution in [3.63, 3.8) is 0 Å². The van der Waals surface area contributed by atoms with Gasteiger partial charge >= 0.3 is 0 Å². The van der Waals surface area contributed by atoms with Gasteiger partial charge in [0.05, 0.1) is 22.6 Å². The minimum atomic E-state index is -3.76. The van der Waals surface area contributed by atoms with Crippen molar-refractivity contribution < 1.29 is 18.1 Å². The van der Waals surface area contributed by atoms with Crippen molar-refractivity contribution >= 4 is 37.9 Å². The summed E-state index contributed by atoms with van der Waals surface area (Å²) in [5.41, 5.74) is 3.96. The molecule has 0 saturated carbocycles. The molecule has 3 aromatic rings. The highest BCUT2D eigenvalue weighted by Gasteiger charge is 2.29. The SMILES string of the molecule is COc1ccc2cc(C(C)=NNc3ccc(S(=O)(=O)N4CCCC4)cc3[N+](=O)[O-])ccc2c1. The predicted molar refractivity (Wildman–Crippen MR) is 127 cm³/mol. The van der Waals surface area contributed by atoms with Crippen LogP contribution in [0.4, 0.5) is 11.4 Å². The van der Waals surface area contributed by atoms with E-state index in [-0.39, 0.29) is 16.3 Å². The molecule has 1 heterocycles. The molecule has 4 rings (SSSR count). The summed E-state index contributed by atoms with van der Waals surface area (Å²) in [5.74, 6) is 0.768. The zero-order valence-electron chi connectivity index (χ0n) is 18.3. The number of ether oxygens (including phenoxy) is 1. The van der Waals surface area contributed by atoms with E-state index in [0.29, 0.717) is 18.8 Å².